The van der Waals surface area contributed by atoms with E-state index in [0.717, 1.165) is 25.9 Å². The van der Waals surface area contributed by atoms with Crippen molar-refractivity contribution < 1.29 is 4.79 Å². The molecule has 1 aromatic carbocycles. The average Bonchev–Trinajstić information content (AvgIpc) is 3.05. The van der Waals surface area contributed by atoms with Gasteiger partial charge in [0.1, 0.15) is 0 Å². The van der Waals surface area contributed by atoms with E-state index >= 15 is 0 Å². The minimum absolute atomic E-state index is 0. The molecule has 0 spiro atoms. The van der Waals surface area contributed by atoms with Crippen molar-refractivity contribution in [3.63, 3.8) is 0 Å². The second kappa shape index (κ2) is 9.43. The van der Waals surface area contributed by atoms with Gasteiger partial charge in [-0.25, -0.2) is 0 Å². The van der Waals surface area contributed by atoms with Gasteiger partial charge in [0.05, 0.1) is 0 Å². The highest BCUT2D eigenvalue weighted by molar-refractivity contribution is 5.85. The topological polar surface area (TPSA) is 32.3 Å². The van der Waals surface area contributed by atoms with Crippen LogP contribution in [0.1, 0.15) is 56.4 Å². The maximum absolute atomic E-state index is 12.6. The highest BCUT2D eigenvalue weighted by Gasteiger charge is 2.31. The van der Waals surface area contributed by atoms with Gasteiger partial charge in [0.2, 0.25) is 5.91 Å². The van der Waals surface area contributed by atoms with Crippen molar-refractivity contribution >= 4 is 18.3 Å². The third-order valence-corrected chi connectivity index (χ3v) is 5.72. The standard InChI is InChI=1S/C20H30N2O.ClH/c1-21-15-19-8-5-13-22(19)20(23)14-16-9-11-18(12-10-16)17-6-3-2-4-7-17;/h2-4,6-7,16,18-19,21H,5,8-15H2,1H3;1H. The molecule has 1 aliphatic carbocycles. The predicted octanol–water partition coefficient (Wildman–Crippen LogP) is 3.98. The molecule has 134 valence electrons. The third-order valence-electron chi connectivity index (χ3n) is 5.72. The summed E-state index contributed by atoms with van der Waals surface area (Å²) < 4.78 is 0. The first-order valence-corrected chi connectivity index (χ1v) is 9.27. The van der Waals surface area contributed by atoms with E-state index in [9.17, 15) is 4.79 Å². The van der Waals surface area contributed by atoms with E-state index in [2.05, 4.69) is 40.5 Å². The van der Waals surface area contributed by atoms with Gasteiger partial charge in [-0.2, -0.15) is 0 Å². The average molecular weight is 351 g/mol. The molecule has 2 fully saturated rings. The molecule has 3 rings (SSSR count). The summed E-state index contributed by atoms with van der Waals surface area (Å²) in [4.78, 5) is 14.8. The monoisotopic (exact) mass is 350 g/mol. The number of nitrogens with zero attached hydrogens (tertiary/aromatic N) is 1. The van der Waals surface area contributed by atoms with Crippen LogP contribution in [-0.4, -0.2) is 37.0 Å². The van der Waals surface area contributed by atoms with E-state index in [-0.39, 0.29) is 12.4 Å². The van der Waals surface area contributed by atoms with Crippen LogP contribution >= 0.6 is 12.4 Å². The molecule has 1 saturated carbocycles. The van der Waals surface area contributed by atoms with Crippen LogP contribution in [0.4, 0.5) is 0 Å². The summed E-state index contributed by atoms with van der Waals surface area (Å²) in [5.74, 6) is 1.69. The fourth-order valence-electron chi connectivity index (χ4n) is 4.40. The number of nitrogens with one attached hydrogen (secondary N) is 1. The van der Waals surface area contributed by atoms with Crippen molar-refractivity contribution in [2.24, 2.45) is 5.92 Å². The lowest BCUT2D eigenvalue weighted by atomic mass is 9.77. The number of amides is 1. The van der Waals surface area contributed by atoms with E-state index in [4.69, 9.17) is 0 Å². The van der Waals surface area contributed by atoms with Gasteiger partial charge in [-0.05, 0) is 63.0 Å². The molecule has 1 aromatic rings. The molecule has 0 bridgehead atoms. The van der Waals surface area contributed by atoms with Crippen LogP contribution in [0.15, 0.2) is 30.3 Å². The molecule has 3 nitrogen and oxygen atoms in total. The van der Waals surface area contributed by atoms with Crippen molar-refractivity contribution in [2.75, 3.05) is 20.1 Å². The number of carbonyl (C=O) groups is 1. The summed E-state index contributed by atoms with van der Waals surface area (Å²) in [5, 5.41) is 3.23. The van der Waals surface area contributed by atoms with E-state index in [1.165, 1.54) is 37.7 Å². The maximum atomic E-state index is 12.6. The second-order valence-corrected chi connectivity index (χ2v) is 7.27. The lowest BCUT2D eigenvalue weighted by Gasteiger charge is -2.31. The minimum Gasteiger partial charge on any atom is -0.338 e. The molecule has 0 radical (unpaired) electrons. The summed E-state index contributed by atoms with van der Waals surface area (Å²) in [6.45, 7) is 1.90. The Hall–Kier alpha value is -1.06. The normalized spacial score (nSPS) is 26.9. The molecule has 0 aromatic heterocycles. The molecule has 1 unspecified atom stereocenters. The molecule has 24 heavy (non-hydrogen) atoms. The molecule has 1 aliphatic heterocycles. The Labute approximate surface area is 152 Å². The largest absolute Gasteiger partial charge is 0.338 e. The van der Waals surface area contributed by atoms with Gasteiger partial charge in [-0.15, -0.1) is 12.4 Å². The highest BCUT2D eigenvalue weighted by Crippen LogP contribution is 2.37. The van der Waals surface area contributed by atoms with Crippen molar-refractivity contribution in [1.29, 1.82) is 0 Å². The molecular weight excluding hydrogens is 320 g/mol. The Morgan fingerprint density at radius 3 is 2.50 bits per heavy atom. The fraction of sp³-hybridized carbons (Fsp3) is 0.650. The molecule has 1 heterocycles. The van der Waals surface area contributed by atoms with Gasteiger partial charge in [-0.1, -0.05) is 30.3 Å². The number of rotatable bonds is 5. The molecule has 1 atom stereocenters. The zero-order valence-electron chi connectivity index (χ0n) is 14.7. The number of halogens is 1. The SMILES string of the molecule is CNCC1CCCN1C(=O)CC1CCC(c2ccccc2)CC1.Cl. The molecule has 2 aliphatic rings. The Bertz CT molecular complexity index is 500. The van der Waals surface area contributed by atoms with Crippen LogP contribution in [0.25, 0.3) is 0 Å². The van der Waals surface area contributed by atoms with E-state index in [0.29, 0.717) is 23.8 Å². The van der Waals surface area contributed by atoms with Gasteiger partial charge < -0.3 is 10.2 Å². The molecular formula is C20H31ClN2O. The number of carbonyl (C=O) groups excluding carboxylic acids is 1. The molecule has 1 amide bonds. The van der Waals surface area contributed by atoms with Crippen LogP contribution in [0.3, 0.4) is 0 Å². The van der Waals surface area contributed by atoms with Gasteiger partial charge in [0.25, 0.3) is 0 Å². The first kappa shape index (κ1) is 19.3. The number of likely N-dealkylation sites (tertiary alicyclic amines) is 1. The zero-order valence-corrected chi connectivity index (χ0v) is 15.6. The summed E-state index contributed by atoms with van der Waals surface area (Å²) in [6, 6.07) is 11.3. The number of hydrogen-bond donors (Lipinski definition) is 1. The van der Waals surface area contributed by atoms with Crippen LogP contribution in [0, 0.1) is 5.92 Å². The smallest absolute Gasteiger partial charge is 0.223 e. The zero-order chi connectivity index (χ0) is 16.1. The minimum atomic E-state index is 0. The quantitative estimate of drug-likeness (QED) is 0.871. The van der Waals surface area contributed by atoms with Crippen LogP contribution in [0.5, 0.6) is 0 Å². The Morgan fingerprint density at radius 2 is 1.83 bits per heavy atom. The second-order valence-electron chi connectivity index (χ2n) is 7.27. The Morgan fingerprint density at radius 1 is 1.12 bits per heavy atom. The predicted molar refractivity (Wildman–Crippen MR) is 102 cm³/mol. The molecule has 1 saturated heterocycles. The van der Waals surface area contributed by atoms with Crippen molar-refractivity contribution in [1.82, 2.24) is 10.2 Å². The third kappa shape index (κ3) is 4.73. The van der Waals surface area contributed by atoms with E-state index in [1.807, 2.05) is 7.05 Å². The van der Waals surface area contributed by atoms with Crippen molar-refractivity contribution in [3.05, 3.63) is 35.9 Å². The van der Waals surface area contributed by atoms with Crippen molar-refractivity contribution in [3.8, 4) is 0 Å². The number of benzene rings is 1. The Kier molecular flexibility index (Phi) is 7.57. The van der Waals surface area contributed by atoms with Gasteiger partial charge in [0.15, 0.2) is 0 Å². The van der Waals surface area contributed by atoms with Crippen molar-refractivity contribution in [2.45, 2.75) is 56.9 Å². The maximum Gasteiger partial charge on any atom is 0.223 e. The lowest BCUT2D eigenvalue weighted by molar-refractivity contribution is -0.133. The summed E-state index contributed by atoms with van der Waals surface area (Å²) in [7, 11) is 1.98. The van der Waals surface area contributed by atoms with E-state index in [1.54, 1.807) is 0 Å². The summed E-state index contributed by atoms with van der Waals surface area (Å²) >= 11 is 0. The van der Waals surface area contributed by atoms with Gasteiger partial charge in [0, 0.05) is 25.6 Å². The summed E-state index contributed by atoms with van der Waals surface area (Å²) in [6.07, 6.45) is 7.98. The molecule has 4 heteroatoms. The van der Waals surface area contributed by atoms with Crippen LogP contribution in [0.2, 0.25) is 0 Å². The van der Waals surface area contributed by atoms with Gasteiger partial charge in [-0.3, -0.25) is 4.79 Å². The Balaban J connectivity index is 0.00000208. The van der Waals surface area contributed by atoms with Crippen LogP contribution < -0.4 is 5.32 Å². The van der Waals surface area contributed by atoms with E-state index < -0.39 is 0 Å². The number of hydrogen-bond acceptors (Lipinski definition) is 2. The number of likely N-dealkylation sites (N-methyl/N-ethyl adjacent to an activating group) is 1. The fourth-order valence-corrected chi connectivity index (χ4v) is 4.40. The van der Waals surface area contributed by atoms with Gasteiger partial charge >= 0.3 is 0 Å². The highest BCUT2D eigenvalue weighted by atomic mass is 35.5. The summed E-state index contributed by atoms with van der Waals surface area (Å²) in [5.41, 5.74) is 1.48. The molecule has 1 N–H and O–H groups in total. The lowest BCUT2D eigenvalue weighted by Crippen LogP contribution is -2.41. The van der Waals surface area contributed by atoms with Crippen LogP contribution in [-0.2, 0) is 4.79 Å². The first-order valence-electron chi connectivity index (χ1n) is 9.27. The first-order chi connectivity index (χ1) is 11.3.